The van der Waals surface area contributed by atoms with Gasteiger partial charge >= 0.3 is 6.09 Å². The third kappa shape index (κ3) is 3.43. The van der Waals surface area contributed by atoms with Crippen molar-refractivity contribution >= 4 is 28.6 Å². The number of nitrogens with zero attached hydrogens (tertiary/aromatic N) is 4. The van der Waals surface area contributed by atoms with E-state index in [-0.39, 0.29) is 17.1 Å². The zero-order valence-corrected chi connectivity index (χ0v) is 18.3. The largest absolute Gasteiger partial charge is 0.443 e. The van der Waals surface area contributed by atoms with Gasteiger partial charge in [0.1, 0.15) is 17.0 Å². The minimum Gasteiger partial charge on any atom is -0.443 e. The molecule has 1 saturated heterocycles. The number of ether oxygens (including phenoxy) is 1. The number of hydrogen-bond donors (Lipinski definition) is 0. The molecule has 9 heteroatoms. The van der Waals surface area contributed by atoms with Crippen LogP contribution in [0.5, 0.6) is 0 Å². The van der Waals surface area contributed by atoms with Gasteiger partial charge in [-0.3, -0.25) is 9.00 Å². The van der Waals surface area contributed by atoms with E-state index in [0.29, 0.717) is 25.2 Å². The van der Waals surface area contributed by atoms with Crippen molar-refractivity contribution in [2.24, 2.45) is 0 Å². The fourth-order valence-corrected chi connectivity index (χ4v) is 5.19. The topological polar surface area (TPSA) is 92.7 Å². The van der Waals surface area contributed by atoms with E-state index in [0.717, 1.165) is 31.2 Å². The van der Waals surface area contributed by atoms with Crippen LogP contribution in [0.2, 0.25) is 0 Å². The summed E-state index contributed by atoms with van der Waals surface area (Å²) in [5.74, 6) is 0.479. The van der Waals surface area contributed by atoms with Crippen molar-refractivity contribution in [1.82, 2.24) is 14.9 Å². The number of carbonyl (C=O) groups excluding carboxylic acids is 2. The maximum absolute atomic E-state index is 13.6. The van der Waals surface area contributed by atoms with Crippen LogP contribution in [-0.4, -0.2) is 61.1 Å². The highest BCUT2D eigenvalue weighted by Crippen LogP contribution is 2.47. The summed E-state index contributed by atoms with van der Waals surface area (Å²) in [4.78, 5) is 38.4. The van der Waals surface area contributed by atoms with Gasteiger partial charge in [0.15, 0.2) is 0 Å². The summed E-state index contributed by atoms with van der Waals surface area (Å²) in [7, 11) is -1.30. The fraction of sp³-hybridized carbons (Fsp3) is 0.700. The van der Waals surface area contributed by atoms with E-state index in [1.165, 1.54) is 4.90 Å². The first kappa shape index (κ1) is 20.3. The van der Waals surface area contributed by atoms with Gasteiger partial charge in [-0.2, -0.15) is 0 Å². The van der Waals surface area contributed by atoms with Crippen molar-refractivity contribution in [1.29, 1.82) is 0 Å². The molecule has 1 unspecified atom stereocenters. The van der Waals surface area contributed by atoms with Gasteiger partial charge in [-0.15, -0.1) is 0 Å². The number of aromatic nitrogens is 2. The van der Waals surface area contributed by atoms with Crippen molar-refractivity contribution in [3.05, 3.63) is 11.8 Å². The summed E-state index contributed by atoms with van der Waals surface area (Å²) in [6, 6.07) is 0.187. The quantitative estimate of drug-likeness (QED) is 0.679. The Morgan fingerprint density at radius 1 is 1.31 bits per heavy atom. The summed E-state index contributed by atoms with van der Waals surface area (Å²) >= 11 is 0. The zero-order chi connectivity index (χ0) is 21.0. The molecule has 1 aromatic heterocycles. The fourth-order valence-electron chi connectivity index (χ4n) is 4.78. The van der Waals surface area contributed by atoms with E-state index < -0.39 is 28.0 Å². The second-order valence-electron chi connectivity index (χ2n) is 9.16. The predicted octanol–water partition coefficient (Wildman–Crippen LogP) is 2.43. The Hall–Kier alpha value is -2.03. The van der Waals surface area contributed by atoms with E-state index >= 15 is 0 Å². The first-order valence-corrected chi connectivity index (χ1v) is 11.7. The zero-order valence-electron chi connectivity index (χ0n) is 17.4. The molecule has 1 aromatic rings. The third-order valence-corrected chi connectivity index (χ3v) is 6.66. The maximum atomic E-state index is 13.6. The lowest BCUT2D eigenvalue weighted by atomic mass is 9.91. The van der Waals surface area contributed by atoms with Crippen LogP contribution in [0.3, 0.4) is 0 Å². The smallest absolute Gasteiger partial charge is 0.417 e. The Bertz CT molecular complexity index is 878. The van der Waals surface area contributed by atoms with E-state index in [4.69, 9.17) is 4.74 Å². The van der Waals surface area contributed by atoms with E-state index in [9.17, 15) is 13.8 Å². The van der Waals surface area contributed by atoms with Crippen molar-refractivity contribution in [3.8, 4) is 0 Å². The predicted molar refractivity (Wildman–Crippen MR) is 108 cm³/mol. The number of anilines is 1. The van der Waals surface area contributed by atoms with Crippen molar-refractivity contribution in [3.63, 3.8) is 0 Å². The van der Waals surface area contributed by atoms with Crippen molar-refractivity contribution in [2.45, 2.75) is 81.6 Å². The molecule has 0 aromatic carbocycles. The Labute approximate surface area is 173 Å². The highest BCUT2D eigenvalue weighted by molar-refractivity contribution is 7.84. The molecular formula is C20H28N4O4S. The van der Waals surface area contributed by atoms with Crippen LogP contribution in [0.25, 0.3) is 0 Å². The lowest BCUT2D eigenvalue weighted by molar-refractivity contribution is -0.131. The van der Waals surface area contributed by atoms with Crippen molar-refractivity contribution < 1.29 is 18.5 Å². The maximum Gasteiger partial charge on any atom is 0.417 e. The van der Waals surface area contributed by atoms with Gasteiger partial charge in [-0.25, -0.2) is 19.7 Å². The summed E-state index contributed by atoms with van der Waals surface area (Å²) in [5.41, 5.74) is -0.621. The molecule has 3 aliphatic rings. The third-order valence-electron chi connectivity index (χ3n) is 5.94. The van der Waals surface area contributed by atoms with E-state index in [2.05, 4.69) is 14.9 Å². The van der Waals surface area contributed by atoms with E-state index in [1.807, 2.05) is 0 Å². The van der Waals surface area contributed by atoms with Crippen LogP contribution >= 0.6 is 0 Å². The number of amides is 2. The molecule has 158 valence electrons. The van der Waals surface area contributed by atoms with Crippen LogP contribution in [0, 0.1) is 0 Å². The van der Waals surface area contributed by atoms with Gasteiger partial charge in [0, 0.05) is 37.0 Å². The first-order valence-electron chi connectivity index (χ1n) is 10.2. The highest BCUT2D eigenvalue weighted by Gasteiger charge is 2.59. The molecule has 0 radical (unpaired) electrons. The average Bonchev–Trinajstić information content (AvgIpc) is 3.31. The van der Waals surface area contributed by atoms with Gasteiger partial charge < -0.3 is 9.64 Å². The Morgan fingerprint density at radius 2 is 2.00 bits per heavy atom. The molecule has 1 saturated carbocycles. The van der Waals surface area contributed by atoms with Gasteiger partial charge in [-0.05, 0) is 40.0 Å². The summed E-state index contributed by atoms with van der Waals surface area (Å²) in [6.07, 6.45) is 7.82. The molecule has 2 atom stereocenters. The first-order chi connectivity index (χ1) is 13.6. The number of likely N-dealkylation sites (tertiary alicyclic amines) is 1. The average molecular weight is 421 g/mol. The monoisotopic (exact) mass is 420 g/mol. The minimum absolute atomic E-state index is 0.187. The molecule has 1 aliphatic carbocycles. The Balaban J connectivity index is 1.71. The molecule has 8 nitrogen and oxygen atoms in total. The van der Waals surface area contributed by atoms with E-state index in [1.54, 1.807) is 33.2 Å². The van der Waals surface area contributed by atoms with Gasteiger partial charge in [0.2, 0.25) is 5.16 Å². The molecule has 0 N–H and O–H groups in total. The highest BCUT2D eigenvalue weighted by atomic mass is 32.2. The summed E-state index contributed by atoms with van der Waals surface area (Å²) in [5, 5.41) is 0.276. The summed E-state index contributed by atoms with van der Waals surface area (Å²) < 4.78 is 17.4. The van der Waals surface area contributed by atoms with Crippen molar-refractivity contribution in [2.75, 3.05) is 17.7 Å². The van der Waals surface area contributed by atoms with Crippen LogP contribution in [0.15, 0.2) is 11.4 Å². The molecular weight excluding hydrogens is 392 g/mol. The van der Waals surface area contributed by atoms with Crippen LogP contribution in [0.4, 0.5) is 10.6 Å². The minimum atomic E-state index is -1.30. The van der Waals surface area contributed by atoms with Gasteiger partial charge in [0.25, 0.3) is 5.91 Å². The number of carbonyl (C=O) groups is 2. The Morgan fingerprint density at radius 3 is 2.62 bits per heavy atom. The summed E-state index contributed by atoms with van der Waals surface area (Å²) in [6.45, 7) is 5.70. The standard InChI is InChI=1S/C20H28N4O4S/c1-19(2,3)28-18(26)23-10-9-20(16(23)25)11-13-12-21-17(29(4)27)22-15(13)24(20)14-7-5-6-8-14/h12,14H,5-11H2,1-4H3/t20-,29?/m1/s1. The lowest BCUT2D eigenvalue weighted by Crippen LogP contribution is -2.57. The molecule has 4 rings (SSSR count). The molecule has 2 aliphatic heterocycles. The second-order valence-corrected chi connectivity index (χ2v) is 10.4. The van der Waals surface area contributed by atoms with Crippen LogP contribution in [0.1, 0.15) is 58.4 Å². The van der Waals surface area contributed by atoms with Gasteiger partial charge in [0.05, 0.1) is 10.8 Å². The molecule has 2 fully saturated rings. The molecule has 1 spiro atoms. The molecule has 29 heavy (non-hydrogen) atoms. The molecule has 3 heterocycles. The van der Waals surface area contributed by atoms with Crippen LogP contribution in [-0.2, 0) is 26.8 Å². The lowest BCUT2D eigenvalue weighted by Gasteiger charge is -2.39. The molecule has 0 bridgehead atoms. The van der Waals surface area contributed by atoms with Crippen LogP contribution < -0.4 is 4.90 Å². The SMILES string of the molecule is CS(=O)c1ncc2c(n1)N(C1CCCC1)[C@]1(CCN(C(=O)OC(C)(C)C)C1=O)C2. The van der Waals surface area contributed by atoms with Gasteiger partial charge in [-0.1, -0.05) is 12.8 Å². The molecule has 2 amide bonds. The normalized spacial score (nSPS) is 25.7. The number of imide groups is 1. The number of hydrogen-bond acceptors (Lipinski definition) is 7. The number of rotatable bonds is 2. The number of fused-ring (bicyclic) bond motifs is 1. The second kappa shape index (κ2) is 7.04. The Kier molecular flexibility index (Phi) is 4.91.